The van der Waals surface area contributed by atoms with Crippen molar-refractivity contribution in [1.29, 1.82) is 0 Å². The number of rotatable bonds is 3. The summed E-state index contributed by atoms with van der Waals surface area (Å²) < 4.78 is 0. The molecule has 2 nitrogen and oxygen atoms in total. The van der Waals surface area contributed by atoms with E-state index in [9.17, 15) is 0 Å². The van der Waals surface area contributed by atoms with Crippen LogP contribution < -0.4 is 5.32 Å². The molecule has 2 saturated heterocycles. The van der Waals surface area contributed by atoms with Gasteiger partial charge in [-0.05, 0) is 69.7 Å². The van der Waals surface area contributed by atoms with Gasteiger partial charge in [-0.15, -0.1) is 0 Å². The Bertz CT molecular complexity index is 205. The zero-order chi connectivity index (χ0) is 11.4. The Balaban J connectivity index is 1.98. The molecular formula is C14H28N2. The van der Waals surface area contributed by atoms with Crippen LogP contribution in [0.3, 0.4) is 0 Å². The smallest absolute Gasteiger partial charge is 0.00134 e. The van der Waals surface area contributed by atoms with E-state index in [1.807, 2.05) is 0 Å². The highest BCUT2D eigenvalue weighted by molar-refractivity contribution is 4.94. The number of hydrogen-bond acceptors (Lipinski definition) is 2. The molecule has 1 unspecified atom stereocenters. The predicted molar refractivity (Wildman–Crippen MR) is 69.7 cm³/mol. The van der Waals surface area contributed by atoms with Crippen LogP contribution in [0.2, 0.25) is 0 Å². The predicted octanol–water partition coefficient (Wildman–Crippen LogP) is 2.50. The van der Waals surface area contributed by atoms with Crippen LogP contribution in [0.1, 0.15) is 46.0 Å². The number of piperidine rings is 2. The van der Waals surface area contributed by atoms with E-state index in [4.69, 9.17) is 0 Å². The maximum absolute atomic E-state index is 3.60. The minimum atomic E-state index is 0.701. The third-order valence-corrected chi connectivity index (χ3v) is 4.99. The van der Waals surface area contributed by atoms with Crippen LogP contribution in [0.25, 0.3) is 0 Å². The normalized spacial score (nSPS) is 30.8. The molecule has 0 aromatic heterocycles. The lowest BCUT2D eigenvalue weighted by atomic mass is 9.63. The van der Waals surface area contributed by atoms with Crippen LogP contribution in [-0.4, -0.2) is 37.6 Å². The number of nitrogens with one attached hydrogen (secondary N) is 1. The van der Waals surface area contributed by atoms with Gasteiger partial charge in [-0.1, -0.05) is 20.3 Å². The molecule has 0 radical (unpaired) electrons. The van der Waals surface area contributed by atoms with Gasteiger partial charge < -0.3 is 10.2 Å². The third kappa shape index (κ3) is 2.43. The molecule has 1 atom stereocenters. The second-order valence-corrected chi connectivity index (χ2v) is 5.74. The fourth-order valence-corrected chi connectivity index (χ4v) is 3.76. The quantitative estimate of drug-likeness (QED) is 0.792. The van der Waals surface area contributed by atoms with E-state index in [1.54, 1.807) is 0 Å². The second kappa shape index (κ2) is 5.50. The molecule has 1 spiro atoms. The average molecular weight is 224 g/mol. The zero-order valence-corrected chi connectivity index (χ0v) is 11.1. The van der Waals surface area contributed by atoms with E-state index >= 15 is 0 Å². The van der Waals surface area contributed by atoms with Crippen molar-refractivity contribution in [2.45, 2.75) is 46.0 Å². The lowest BCUT2D eigenvalue weighted by Gasteiger charge is -2.49. The van der Waals surface area contributed by atoms with Crippen LogP contribution in [0.4, 0.5) is 0 Å². The Morgan fingerprint density at radius 3 is 2.56 bits per heavy atom. The monoisotopic (exact) mass is 224 g/mol. The fraction of sp³-hybridized carbons (Fsp3) is 1.00. The SMILES string of the molecule is CCCC1CNCCC12CCN(CC)CC2. The van der Waals surface area contributed by atoms with Crippen molar-refractivity contribution in [3.63, 3.8) is 0 Å². The summed E-state index contributed by atoms with van der Waals surface area (Å²) in [5, 5.41) is 3.60. The number of hydrogen-bond donors (Lipinski definition) is 1. The minimum absolute atomic E-state index is 0.701. The highest BCUT2D eigenvalue weighted by atomic mass is 15.1. The number of likely N-dealkylation sites (tertiary alicyclic amines) is 1. The molecule has 16 heavy (non-hydrogen) atoms. The van der Waals surface area contributed by atoms with Gasteiger partial charge in [0.05, 0.1) is 0 Å². The summed E-state index contributed by atoms with van der Waals surface area (Å²) in [6.07, 6.45) is 7.11. The van der Waals surface area contributed by atoms with Gasteiger partial charge in [0.15, 0.2) is 0 Å². The molecule has 94 valence electrons. The van der Waals surface area contributed by atoms with E-state index in [2.05, 4.69) is 24.1 Å². The van der Waals surface area contributed by atoms with Gasteiger partial charge in [0.2, 0.25) is 0 Å². The molecule has 2 heteroatoms. The Kier molecular flexibility index (Phi) is 4.26. The first-order valence-corrected chi connectivity index (χ1v) is 7.24. The topological polar surface area (TPSA) is 15.3 Å². The molecule has 2 fully saturated rings. The van der Waals surface area contributed by atoms with E-state index < -0.39 is 0 Å². The van der Waals surface area contributed by atoms with Crippen LogP contribution in [0.15, 0.2) is 0 Å². The average Bonchev–Trinajstić information content (AvgIpc) is 2.34. The first-order valence-electron chi connectivity index (χ1n) is 7.24. The standard InChI is InChI=1S/C14H28N2/c1-3-5-13-12-15-9-6-14(13)7-10-16(4-2)11-8-14/h13,15H,3-12H2,1-2H3. The van der Waals surface area contributed by atoms with Crippen LogP contribution in [0, 0.1) is 11.3 Å². The molecule has 0 saturated carbocycles. The maximum atomic E-state index is 3.60. The Labute approximate surface area is 101 Å². The van der Waals surface area contributed by atoms with Crippen molar-refractivity contribution in [3.8, 4) is 0 Å². The highest BCUT2D eigenvalue weighted by Gasteiger charge is 2.41. The van der Waals surface area contributed by atoms with Crippen molar-refractivity contribution < 1.29 is 0 Å². The molecule has 0 aromatic rings. The summed E-state index contributed by atoms with van der Waals surface area (Å²) in [5.74, 6) is 0.949. The Morgan fingerprint density at radius 1 is 1.19 bits per heavy atom. The number of nitrogens with zero attached hydrogens (tertiary/aromatic N) is 1. The van der Waals surface area contributed by atoms with Gasteiger partial charge in [-0.25, -0.2) is 0 Å². The van der Waals surface area contributed by atoms with Crippen molar-refractivity contribution in [1.82, 2.24) is 10.2 Å². The van der Waals surface area contributed by atoms with Gasteiger partial charge in [0.1, 0.15) is 0 Å². The summed E-state index contributed by atoms with van der Waals surface area (Å²) in [7, 11) is 0. The Hall–Kier alpha value is -0.0800. The lowest BCUT2D eigenvalue weighted by molar-refractivity contribution is 0.0198. The van der Waals surface area contributed by atoms with Crippen LogP contribution in [0.5, 0.6) is 0 Å². The van der Waals surface area contributed by atoms with E-state index in [0.717, 1.165) is 5.92 Å². The Morgan fingerprint density at radius 2 is 1.94 bits per heavy atom. The summed E-state index contributed by atoms with van der Waals surface area (Å²) in [5.41, 5.74) is 0.701. The van der Waals surface area contributed by atoms with Gasteiger partial charge in [-0.3, -0.25) is 0 Å². The molecule has 2 aliphatic heterocycles. The summed E-state index contributed by atoms with van der Waals surface area (Å²) >= 11 is 0. The van der Waals surface area contributed by atoms with Crippen molar-refractivity contribution in [3.05, 3.63) is 0 Å². The summed E-state index contributed by atoms with van der Waals surface area (Å²) in [6, 6.07) is 0. The molecule has 0 amide bonds. The fourth-order valence-electron chi connectivity index (χ4n) is 3.76. The molecule has 0 bridgehead atoms. The zero-order valence-electron chi connectivity index (χ0n) is 11.1. The minimum Gasteiger partial charge on any atom is -0.316 e. The van der Waals surface area contributed by atoms with Crippen LogP contribution in [-0.2, 0) is 0 Å². The van der Waals surface area contributed by atoms with Crippen LogP contribution >= 0.6 is 0 Å². The van der Waals surface area contributed by atoms with E-state index in [-0.39, 0.29) is 0 Å². The summed E-state index contributed by atoms with van der Waals surface area (Å²) in [4.78, 5) is 2.62. The largest absolute Gasteiger partial charge is 0.316 e. The molecule has 2 heterocycles. The molecule has 2 rings (SSSR count). The molecule has 0 aromatic carbocycles. The van der Waals surface area contributed by atoms with Gasteiger partial charge in [0.25, 0.3) is 0 Å². The lowest BCUT2D eigenvalue weighted by Crippen LogP contribution is -2.51. The second-order valence-electron chi connectivity index (χ2n) is 5.74. The first-order chi connectivity index (χ1) is 7.80. The summed E-state index contributed by atoms with van der Waals surface area (Å²) in [6.45, 7) is 11.1. The van der Waals surface area contributed by atoms with Gasteiger partial charge >= 0.3 is 0 Å². The van der Waals surface area contributed by atoms with Crippen molar-refractivity contribution in [2.75, 3.05) is 32.7 Å². The molecular weight excluding hydrogens is 196 g/mol. The van der Waals surface area contributed by atoms with Gasteiger partial charge in [-0.2, -0.15) is 0 Å². The highest BCUT2D eigenvalue weighted by Crippen LogP contribution is 2.45. The molecule has 2 aliphatic rings. The van der Waals surface area contributed by atoms with E-state index in [1.165, 1.54) is 64.8 Å². The third-order valence-electron chi connectivity index (χ3n) is 4.99. The van der Waals surface area contributed by atoms with Crippen molar-refractivity contribution in [2.24, 2.45) is 11.3 Å². The first kappa shape index (κ1) is 12.4. The van der Waals surface area contributed by atoms with Gasteiger partial charge in [0, 0.05) is 0 Å². The van der Waals surface area contributed by atoms with Crippen molar-refractivity contribution >= 4 is 0 Å². The maximum Gasteiger partial charge on any atom is -0.00134 e. The van der Waals surface area contributed by atoms with E-state index in [0.29, 0.717) is 5.41 Å². The molecule has 1 N–H and O–H groups in total. The molecule has 0 aliphatic carbocycles.